The number of ether oxygens (including phenoxy) is 1. The van der Waals surface area contributed by atoms with Gasteiger partial charge in [0, 0.05) is 0 Å². The molecule has 0 unspecified atom stereocenters. The zero-order valence-corrected chi connectivity index (χ0v) is 7.76. The summed E-state index contributed by atoms with van der Waals surface area (Å²) in [4.78, 5) is 0. The average molecular weight is 154 g/mol. The Kier molecular flexibility index (Phi) is 1.54. The van der Waals surface area contributed by atoms with Gasteiger partial charge in [-0.3, -0.25) is 0 Å². The van der Waals surface area contributed by atoms with Crippen molar-refractivity contribution >= 4 is 0 Å². The number of epoxide rings is 1. The average Bonchev–Trinajstić information content (AvgIpc) is 2.60. The molecule has 0 radical (unpaired) electrons. The van der Waals surface area contributed by atoms with E-state index >= 15 is 0 Å². The maximum Gasteiger partial charge on any atom is 0.0844 e. The van der Waals surface area contributed by atoms with Gasteiger partial charge in [-0.2, -0.15) is 0 Å². The standard InChI is InChI=1S/C10H18O/c1-10(2,3)7-4-5-8-9(6-7)11-8/h7-9H,4-6H2,1-3H3/t7-,8-,9+/m1/s1. The molecule has 0 spiro atoms. The molecule has 3 atom stereocenters. The fourth-order valence-electron chi connectivity index (χ4n) is 2.19. The van der Waals surface area contributed by atoms with Crippen LogP contribution in [0.25, 0.3) is 0 Å². The van der Waals surface area contributed by atoms with Crippen LogP contribution in [0.3, 0.4) is 0 Å². The summed E-state index contributed by atoms with van der Waals surface area (Å²) in [6.07, 6.45) is 5.31. The monoisotopic (exact) mass is 154 g/mol. The van der Waals surface area contributed by atoms with E-state index in [-0.39, 0.29) is 0 Å². The highest BCUT2D eigenvalue weighted by atomic mass is 16.6. The summed E-state index contributed by atoms with van der Waals surface area (Å²) < 4.78 is 5.50. The zero-order valence-electron chi connectivity index (χ0n) is 7.76. The maximum absolute atomic E-state index is 5.50. The fraction of sp³-hybridized carbons (Fsp3) is 1.00. The van der Waals surface area contributed by atoms with Gasteiger partial charge in [0.25, 0.3) is 0 Å². The van der Waals surface area contributed by atoms with Crippen LogP contribution in [-0.2, 0) is 4.74 Å². The lowest BCUT2D eigenvalue weighted by Gasteiger charge is -2.32. The Balaban J connectivity index is 1.95. The molecule has 2 aliphatic rings. The Bertz CT molecular complexity index is 157. The van der Waals surface area contributed by atoms with Gasteiger partial charge in [-0.25, -0.2) is 0 Å². The summed E-state index contributed by atoms with van der Waals surface area (Å²) in [7, 11) is 0. The number of hydrogen-bond acceptors (Lipinski definition) is 1. The molecular formula is C10H18O. The van der Waals surface area contributed by atoms with Gasteiger partial charge in [0.05, 0.1) is 12.2 Å². The molecule has 11 heavy (non-hydrogen) atoms. The van der Waals surface area contributed by atoms with E-state index in [1.165, 1.54) is 19.3 Å². The molecule has 64 valence electrons. The molecule has 0 N–H and O–H groups in total. The first kappa shape index (κ1) is 7.60. The first-order valence-corrected chi connectivity index (χ1v) is 4.73. The molecule has 2 rings (SSSR count). The summed E-state index contributed by atoms with van der Waals surface area (Å²) in [5.41, 5.74) is 0.497. The van der Waals surface area contributed by atoms with Crippen molar-refractivity contribution in [2.45, 2.75) is 52.2 Å². The molecule has 1 heterocycles. The van der Waals surface area contributed by atoms with Crippen molar-refractivity contribution in [3.63, 3.8) is 0 Å². The van der Waals surface area contributed by atoms with E-state index in [0.717, 1.165) is 5.92 Å². The summed E-state index contributed by atoms with van der Waals surface area (Å²) in [6, 6.07) is 0. The second-order valence-corrected chi connectivity index (χ2v) is 5.09. The van der Waals surface area contributed by atoms with E-state index in [2.05, 4.69) is 20.8 Å². The number of hydrogen-bond donors (Lipinski definition) is 0. The van der Waals surface area contributed by atoms with Gasteiger partial charge in [-0.1, -0.05) is 20.8 Å². The molecular weight excluding hydrogens is 136 g/mol. The second-order valence-electron chi connectivity index (χ2n) is 5.09. The predicted octanol–water partition coefficient (Wildman–Crippen LogP) is 2.60. The quantitative estimate of drug-likeness (QED) is 0.489. The van der Waals surface area contributed by atoms with Crippen molar-refractivity contribution in [1.29, 1.82) is 0 Å². The van der Waals surface area contributed by atoms with Gasteiger partial charge in [-0.15, -0.1) is 0 Å². The summed E-state index contributed by atoms with van der Waals surface area (Å²) in [5, 5.41) is 0. The van der Waals surface area contributed by atoms with Crippen LogP contribution in [0.2, 0.25) is 0 Å². The summed E-state index contributed by atoms with van der Waals surface area (Å²) in [6.45, 7) is 7.04. The van der Waals surface area contributed by atoms with E-state index in [0.29, 0.717) is 17.6 Å². The molecule has 1 nitrogen and oxygen atoms in total. The molecule has 1 heteroatoms. The lowest BCUT2D eigenvalue weighted by molar-refractivity contribution is 0.191. The smallest absolute Gasteiger partial charge is 0.0844 e. The van der Waals surface area contributed by atoms with E-state index in [1.807, 2.05) is 0 Å². The number of rotatable bonds is 0. The minimum absolute atomic E-state index is 0.497. The zero-order chi connectivity index (χ0) is 8.06. The van der Waals surface area contributed by atoms with Crippen molar-refractivity contribution < 1.29 is 4.74 Å². The lowest BCUT2D eigenvalue weighted by Crippen LogP contribution is -2.25. The van der Waals surface area contributed by atoms with Gasteiger partial charge < -0.3 is 4.74 Å². The molecule has 2 fully saturated rings. The maximum atomic E-state index is 5.50. The first-order valence-electron chi connectivity index (χ1n) is 4.73. The Hall–Kier alpha value is -0.0400. The molecule has 0 aromatic carbocycles. The van der Waals surface area contributed by atoms with Gasteiger partial charge in [0.15, 0.2) is 0 Å². The molecule has 0 aromatic rings. The Morgan fingerprint density at radius 3 is 2.36 bits per heavy atom. The minimum atomic E-state index is 0.497. The molecule has 0 bridgehead atoms. The normalized spacial score (nSPS) is 43.4. The van der Waals surface area contributed by atoms with E-state index in [9.17, 15) is 0 Å². The van der Waals surface area contributed by atoms with Crippen LogP contribution in [0.5, 0.6) is 0 Å². The Morgan fingerprint density at radius 2 is 1.82 bits per heavy atom. The van der Waals surface area contributed by atoms with Gasteiger partial charge in [-0.05, 0) is 30.6 Å². The third-order valence-electron chi connectivity index (χ3n) is 3.23. The van der Waals surface area contributed by atoms with Crippen LogP contribution in [0.4, 0.5) is 0 Å². The summed E-state index contributed by atoms with van der Waals surface area (Å²) in [5.74, 6) is 0.895. The van der Waals surface area contributed by atoms with E-state index in [1.54, 1.807) is 0 Å². The molecule has 1 saturated carbocycles. The van der Waals surface area contributed by atoms with Crippen LogP contribution < -0.4 is 0 Å². The highest BCUT2D eigenvalue weighted by molar-refractivity contribution is 4.94. The first-order chi connectivity index (χ1) is 5.07. The van der Waals surface area contributed by atoms with Crippen molar-refractivity contribution in [3.8, 4) is 0 Å². The van der Waals surface area contributed by atoms with E-state index in [4.69, 9.17) is 4.74 Å². The van der Waals surface area contributed by atoms with Crippen LogP contribution in [0.15, 0.2) is 0 Å². The van der Waals surface area contributed by atoms with Crippen molar-refractivity contribution in [2.75, 3.05) is 0 Å². The largest absolute Gasteiger partial charge is 0.370 e. The van der Waals surface area contributed by atoms with Crippen molar-refractivity contribution in [2.24, 2.45) is 11.3 Å². The third kappa shape index (κ3) is 1.44. The van der Waals surface area contributed by atoms with Gasteiger partial charge >= 0.3 is 0 Å². The predicted molar refractivity (Wildman–Crippen MR) is 45.5 cm³/mol. The van der Waals surface area contributed by atoms with Crippen LogP contribution >= 0.6 is 0 Å². The second kappa shape index (κ2) is 2.22. The Morgan fingerprint density at radius 1 is 1.09 bits per heavy atom. The van der Waals surface area contributed by atoms with Crippen molar-refractivity contribution in [1.82, 2.24) is 0 Å². The molecule has 1 aliphatic carbocycles. The van der Waals surface area contributed by atoms with Crippen LogP contribution in [0.1, 0.15) is 40.0 Å². The highest BCUT2D eigenvalue weighted by Gasteiger charge is 2.46. The van der Waals surface area contributed by atoms with Crippen LogP contribution in [0, 0.1) is 11.3 Å². The number of fused-ring (bicyclic) bond motifs is 1. The van der Waals surface area contributed by atoms with E-state index < -0.39 is 0 Å². The SMILES string of the molecule is CC(C)(C)[C@@H]1CC[C@H]2O[C@H]2C1. The summed E-state index contributed by atoms with van der Waals surface area (Å²) >= 11 is 0. The van der Waals surface area contributed by atoms with Gasteiger partial charge in [0.1, 0.15) is 0 Å². The third-order valence-corrected chi connectivity index (χ3v) is 3.23. The minimum Gasteiger partial charge on any atom is -0.370 e. The van der Waals surface area contributed by atoms with Crippen LogP contribution in [-0.4, -0.2) is 12.2 Å². The van der Waals surface area contributed by atoms with Crippen molar-refractivity contribution in [3.05, 3.63) is 0 Å². The molecule has 0 amide bonds. The van der Waals surface area contributed by atoms with Gasteiger partial charge in [0.2, 0.25) is 0 Å². The highest BCUT2D eigenvalue weighted by Crippen LogP contribution is 2.45. The lowest BCUT2D eigenvalue weighted by atomic mass is 9.72. The molecule has 1 aliphatic heterocycles. The fourth-order valence-corrected chi connectivity index (χ4v) is 2.19. The topological polar surface area (TPSA) is 12.5 Å². The molecule has 1 saturated heterocycles. The Labute approximate surface area is 69.1 Å². The molecule has 0 aromatic heterocycles.